The van der Waals surface area contributed by atoms with Gasteiger partial charge in [0, 0.05) is 28.8 Å². The van der Waals surface area contributed by atoms with Crippen LogP contribution in [0.15, 0.2) is 20.9 Å². The van der Waals surface area contributed by atoms with Gasteiger partial charge in [0.1, 0.15) is 37.2 Å². The molecule has 19 heteroatoms. The molecule has 0 bridgehead atoms. The molecule has 2 N–H and O–H groups in total. The number of azide groups is 1. The fourth-order valence-electron chi connectivity index (χ4n) is 3.51. The highest BCUT2D eigenvalue weighted by atomic mass is 33.1. The van der Waals surface area contributed by atoms with E-state index >= 15 is 0 Å². The second kappa shape index (κ2) is 16.4. The Bertz CT molecular complexity index is 1400. The number of aromatic amines is 1. The van der Waals surface area contributed by atoms with Crippen molar-refractivity contribution in [3.05, 3.63) is 43.0 Å². The van der Waals surface area contributed by atoms with E-state index < -0.39 is 54.8 Å². The number of nitrogens with zero attached hydrogens (tertiary/aromatic N) is 4. The van der Waals surface area contributed by atoms with Crippen LogP contribution in [0.3, 0.4) is 0 Å². The fraction of sp³-hybridized carbons (Fsp3) is 0.731. The lowest BCUT2D eigenvalue weighted by molar-refractivity contribution is -0.173. The number of halogens is 3. The molecular formula is C26H39F3N6O7S2Si. The molecule has 45 heavy (non-hydrogen) atoms. The standard InChI is InChI=1S/C26H39F3N6O7S2Si/c1-24(2,3)45(6,7)41-13-19-18(40-15-32-34-30)11-20(42-19)35-12-17(21(36)33-23(35)38)9-8-10-39-16-43-44-25(4,5)14-31-22(37)26(27,28)29/h12,18-20H,10-11,13-16H2,1-7H3,(H,31,37)(H,33,36,38)/t18?,19-,20-/m1/s1. The summed E-state index contributed by atoms with van der Waals surface area (Å²) in [6, 6.07) is 0. The van der Waals surface area contributed by atoms with Gasteiger partial charge in [-0.05, 0) is 37.5 Å². The molecule has 0 saturated carbocycles. The highest BCUT2D eigenvalue weighted by molar-refractivity contribution is 8.77. The van der Waals surface area contributed by atoms with Crippen LogP contribution in [0.1, 0.15) is 52.8 Å². The molecule has 0 spiro atoms. The first-order valence-corrected chi connectivity index (χ1v) is 19.0. The number of hydrogen-bond donors (Lipinski definition) is 2. The summed E-state index contributed by atoms with van der Waals surface area (Å²) in [6.07, 6.45) is -5.36. The second-order valence-electron chi connectivity index (χ2n) is 12.1. The number of carbonyl (C=O) groups excluding carboxylic acids is 1. The quantitative estimate of drug-likeness (QED) is 0.0411. The van der Waals surface area contributed by atoms with Crippen molar-refractivity contribution in [2.75, 3.05) is 32.4 Å². The van der Waals surface area contributed by atoms with Crippen molar-refractivity contribution in [1.29, 1.82) is 0 Å². The van der Waals surface area contributed by atoms with E-state index in [9.17, 15) is 27.6 Å². The third kappa shape index (κ3) is 12.4. The maximum atomic E-state index is 12.7. The van der Waals surface area contributed by atoms with Gasteiger partial charge in [-0.25, -0.2) is 4.79 Å². The molecule has 1 aromatic heterocycles. The van der Waals surface area contributed by atoms with E-state index in [0.29, 0.717) is 0 Å². The number of alkyl halides is 3. The van der Waals surface area contributed by atoms with E-state index in [1.807, 2.05) is 5.32 Å². The molecule has 2 rings (SSSR count). The summed E-state index contributed by atoms with van der Waals surface area (Å²) in [7, 11) is 0.315. The Morgan fingerprint density at radius 1 is 1.29 bits per heavy atom. The van der Waals surface area contributed by atoms with Crippen LogP contribution in [0, 0.1) is 11.8 Å². The van der Waals surface area contributed by atoms with Crippen LogP contribution < -0.4 is 16.6 Å². The molecule has 1 aromatic rings. The predicted molar refractivity (Wildman–Crippen MR) is 168 cm³/mol. The summed E-state index contributed by atoms with van der Waals surface area (Å²) in [5, 5.41) is 5.23. The number of aromatic nitrogens is 2. The minimum Gasteiger partial charge on any atom is -0.414 e. The number of H-pyrrole nitrogens is 1. The predicted octanol–water partition coefficient (Wildman–Crippen LogP) is 4.66. The molecule has 1 saturated heterocycles. The number of nitrogens with one attached hydrogen (secondary N) is 2. The van der Waals surface area contributed by atoms with Crippen LogP contribution in [0.25, 0.3) is 10.4 Å². The molecule has 1 aliphatic rings. The van der Waals surface area contributed by atoms with Gasteiger partial charge < -0.3 is 24.0 Å². The van der Waals surface area contributed by atoms with Crippen molar-refractivity contribution >= 4 is 35.8 Å². The van der Waals surface area contributed by atoms with E-state index in [1.165, 1.54) is 32.4 Å². The highest BCUT2D eigenvalue weighted by Gasteiger charge is 2.42. The first kappa shape index (κ1) is 38.7. The summed E-state index contributed by atoms with van der Waals surface area (Å²) in [6.45, 7) is 13.6. The Hall–Kier alpha value is -2.43. The van der Waals surface area contributed by atoms with Crippen molar-refractivity contribution in [3.63, 3.8) is 0 Å². The smallest absolute Gasteiger partial charge is 0.414 e. The van der Waals surface area contributed by atoms with Gasteiger partial charge in [-0.15, -0.1) is 0 Å². The zero-order valence-corrected chi connectivity index (χ0v) is 28.8. The normalized spacial score (nSPS) is 19.0. The molecule has 2 heterocycles. The Labute approximate surface area is 267 Å². The van der Waals surface area contributed by atoms with Gasteiger partial charge in [0.15, 0.2) is 8.32 Å². The van der Waals surface area contributed by atoms with E-state index in [-0.39, 0.29) is 49.5 Å². The SMILES string of the molecule is CC(C)(CNC(=O)C(F)(F)F)SSCOCC#Cc1cn([C@H]2CC(OCN=[N+]=[N-])[C@@H](CO[Si](C)(C)C(C)(C)C)O2)c(=O)[nH]c1=O. The van der Waals surface area contributed by atoms with E-state index in [0.717, 1.165) is 0 Å². The summed E-state index contributed by atoms with van der Waals surface area (Å²) >= 11 is 0. The Kier molecular flexibility index (Phi) is 14.1. The van der Waals surface area contributed by atoms with Crippen LogP contribution in [0.4, 0.5) is 13.2 Å². The largest absolute Gasteiger partial charge is 0.471 e. The molecule has 0 aromatic carbocycles. The Morgan fingerprint density at radius 2 is 1.98 bits per heavy atom. The van der Waals surface area contributed by atoms with Gasteiger partial charge in [0.2, 0.25) is 0 Å². The topological polar surface area (TPSA) is 170 Å². The molecule has 1 aliphatic heterocycles. The van der Waals surface area contributed by atoms with Crippen LogP contribution in [0.2, 0.25) is 18.1 Å². The first-order valence-electron chi connectivity index (χ1n) is 13.8. The van der Waals surface area contributed by atoms with E-state index in [1.54, 1.807) is 13.8 Å². The highest BCUT2D eigenvalue weighted by Crippen LogP contribution is 2.38. The molecular weight excluding hydrogens is 658 g/mol. The summed E-state index contributed by atoms with van der Waals surface area (Å²) in [4.78, 5) is 41.1. The molecule has 13 nitrogen and oxygen atoms in total. The fourth-order valence-corrected chi connectivity index (χ4v) is 6.66. The molecule has 1 fully saturated rings. The lowest BCUT2D eigenvalue weighted by atomic mass is 10.2. The lowest BCUT2D eigenvalue weighted by Gasteiger charge is -2.37. The number of carbonyl (C=O) groups is 1. The molecule has 3 atom stereocenters. The summed E-state index contributed by atoms with van der Waals surface area (Å²) in [5.41, 5.74) is 7.24. The summed E-state index contributed by atoms with van der Waals surface area (Å²) < 4.78 is 61.2. The van der Waals surface area contributed by atoms with Crippen molar-refractivity contribution in [2.24, 2.45) is 5.11 Å². The van der Waals surface area contributed by atoms with Crippen molar-refractivity contribution < 1.29 is 36.6 Å². The minimum atomic E-state index is -4.94. The van der Waals surface area contributed by atoms with Crippen LogP contribution in [-0.4, -0.2) is 79.3 Å². The molecule has 0 aliphatic carbocycles. The van der Waals surface area contributed by atoms with Crippen molar-refractivity contribution in [3.8, 4) is 11.8 Å². The average Bonchev–Trinajstić information content (AvgIpc) is 3.32. The van der Waals surface area contributed by atoms with Gasteiger partial charge in [-0.2, -0.15) is 13.2 Å². The van der Waals surface area contributed by atoms with Gasteiger partial charge >= 0.3 is 17.8 Å². The van der Waals surface area contributed by atoms with Gasteiger partial charge in [-0.1, -0.05) is 59.3 Å². The Balaban J connectivity index is 2.01. The molecule has 1 unspecified atom stereocenters. The van der Waals surface area contributed by atoms with Crippen LogP contribution in [0.5, 0.6) is 0 Å². The van der Waals surface area contributed by atoms with Gasteiger partial charge in [0.05, 0.1) is 12.7 Å². The zero-order valence-electron chi connectivity index (χ0n) is 26.1. The lowest BCUT2D eigenvalue weighted by Crippen LogP contribution is -2.44. The monoisotopic (exact) mass is 696 g/mol. The Morgan fingerprint density at radius 3 is 2.60 bits per heavy atom. The van der Waals surface area contributed by atoms with E-state index in [4.69, 9.17) is 24.2 Å². The molecule has 1 amide bonds. The second-order valence-corrected chi connectivity index (χ2v) is 19.9. The first-order chi connectivity index (χ1) is 20.8. The summed E-state index contributed by atoms with van der Waals surface area (Å²) in [5.74, 6) is 3.51. The number of rotatable bonds is 14. The zero-order chi connectivity index (χ0) is 34.1. The van der Waals surface area contributed by atoms with E-state index in [2.05, 4.69) is 60.7 Å². The minimum absolute atomic E-state index is 0.00195. The van der Waals surface area contributed by atoms with Gasteiger partial charge in [0.25, 0.3) is 5.56 Å². The van der Waals surface area contributed by atoms with Crippen molar-refractivity contribution in [2.45, 2.75) is 88.5 Å². The van der Waals surface area contributed by atoms with Gasteiger partial charge in [-0.3, -0.25) is 19.1 Å². The maximum Gasteiger partial charge on any atom is 0.471 e. The molecule has 0 radical (unpaired) electrons. The average molecular weight is 697 g/mol. The van der Waals surface area contributed by atoms with Crippen molar-refractivity contribution in [1.82, 2.24) is 14.9 Å². The number of hydrogen-bond acceptors (Lipinski definition) is 10. The third-order valence-electron chi connectivity index (χ3n) is 7.03. The number of amides is 1. The van der Waals surface area contributed by atoms with Crippen LogP contribution >= 0.6 is 21.6 Å². The third-order valence-corrected chi connectivity index (χ3v) is 14.5. The maximum absolute atomic E-state index is 12.7. The number of ether oxygens (including phenoxy) is 3. The van der Waals surface area contributed by atoms with Crippen LogP contribution in [-0.2, 0) is 23.4 Å². The molecule has 252 valence electrons.